The number of ether oxygens (including phenoxy) is 1. The first-order chi connectivity index (χ1) is 17.0. The fourth-order valence-electron chi connectivity index (χ4n) is 3.26. The number of hydrogen-bond acceptors (Lipinski definition) is 8. The van der Waals surface area contributed by atoms with Gasteiger partial charge in [-0.1, -0.05) is 23.4 Å². The van der Waals surface area contributed by atoms with Gasteiger partial charge in [-0.2, -0.15) is 18.2 Å². The second-order valence-corrected chi connectivity index (χ2v) is 10.3. The number of amides is 1. The molecule has 9 nitrogen and oxygen atoms in total. The van der Waals surface area contributed by atoms with Gasteiger partial charge in [0.25, 0.3) is 5.91 Å². The molecule has 36 heavy (non-hydrogen) atoms. The van der Waals surface area contributed by atoms with Crippen molar-refractivity contribution in [2.45, 2.75) is 18.6 Å². The summed E-state index contributed by atoms with van der Waals surface area (Å²) in [5.74, 6) is -1.99. The number of fused-ring (bicyclic) bond motifs is 1. The highest BCUT2D eigenvalue weighted by atomic mass is 32.2. The van der Waals surface area contributed by atoms with Crippen molar-refractivity contribution in [3.05, 3.63) is 66.2 Å². The molecule has 13 heteroatoms. The van der Waals surface area contributed by atoms with Crippen LogP contribution in [0.5, 0.6) is 5.75 Å². The predicted octanol–water partition coefficient (Wildman–Crippen LogP) is 4.11. The Morgan fingerprint density at radius 3 is 2.50 bits per heavy atom. The van der Waals surface area contributed by atoms with Crippen LogP contribution in [0, 0.1) is 0 Å². The molecule has 0 fully saturated rings. The third-order valence-electron chi connectivity index (χ3n) is 5.05. The summed E-state index contributed by atoms with van der Waals surface area (Å²) in [5.41, 5.74) is 0.809. The maximum Gasteiger partial charge on any atom is 0.471 e. The largest absolute Gasteiger partial charge is 0.491 e. The van der Waals surface area contributed by atoms with Crippen LogP contribution < -0.4 is 10.1 Å². The van der Waals surface area contributed by atoms with Gasteiger partial charge in [0.2, 0.25) is 5.82 Å². The molecule has 0 aliphatic rings. The van der Waals surface area contributed by atoms with Crippen LogP contribution in [0.2, 0.25) is 0 Å². The summed E-state index contributed by atoms with van der Waals surface area (Å²) in [4.78, 5) is 16.0. The second-order valence-electron chi connectivity index (χ2n) is 7.99. The Morgan fingerprint density at radius 2 is 1.86 bits per heavy atom. The van der Waals surface area contributed by atoms with E-state index < -0.39 is 33.9 Å². The minimum absolute atomic E-state index is 0.0682. The zero-order chi connectivity index (χ0) is 25.9. The molecule has 0 bridgehead atoms. The van der Waals surface area contributed by atoms with E-state index in [1.807, 2.05) is 6.07 Å². The molecule has 1 N–H and O–H groups in total. The van der Waals surface area contributed by atoms with Crippen LogP contribution in [0.4, 0.5) is 13.2 Å². The quantitative estimate of drug-likeness (QED) is 0.348. The van der Waals surface area contributed by atoms with Crippen molar-refractivity contribution in [3.63, 3.8) is 0 Å². The van der Waals surface area contributed by atoms with Crippen molar-refractivity contribution in [3.8, 4) is 17.1 Å². The molecule has 0 radical (unpaired) electrons. The van der Waals surface area contributed by atoms with Gasteiger partial charge in [-0.25, -0.2) is 8.42 Å². The number of benzene rings is 2. The van der Waals surface area contributed by atoms with E-state index in [-0.39, 0.29) is 35.9 Å². The zero-order valence-corrected chi connectivity index (χ0v) is 19.6. The lowest BCUT2D eigenvalue weighted by Crippen LogP contribution is -2.40. The van der Waals surface area contributed by atoms with Gasteiger partial charge in [-0.05, 0) is 42.8 Å². The number of rotatable bonds is 9. The monoisotopic (exact) mass is 523 g/mol. The van der Waals surface area contributed by atoms with Gasteiger partial charge >= 0.3 is 12.1 Å². The Kier molecular flexibility index (Phi) is 7.02. The Morgan fingerprint density at radius 1 is 1.14 bits per heavy atom. The lowest BCUT2D eigenvalue weighted by molar-refractivity contribution is -0.159. The van der Waals surface area contributed by atoms with Crippen LogP contribution in [-0.4, -0.2) is 49.1 Å². The first-order valence-corrected chi connectivity index (χ1v) is 12.7. The summed E-state index contributed by atoms with van der Waals surface area (Å²) < 4.78 is 76.8. The summed E-state index contributed by atoms with van der Waals surface area (Å²) in [6.07, 6.45) is -3.57. The Hall–Kier alpha value is -3.87. The summed E-state index contributed by atoms with van der Waals surface area (Å²) in [7, 11) is -3.30. The molecular formula is C23H20F3N3O6S. The van der Waals surface area contributed by atoms with Crippen molar-refractivity contribution < 1.29 is 40.1 Å². The van der Waals surface area contributed by atoms with Gasteiger partial charge in [0.1, 0.15) is 27.8 Å². The van der Waals surface area contributed by atoms with Gasteiger partial charge in [-0.3, -0.25) is 4.79 Å². The SMILES string of the molecule is CS(=O)(=O)CC[C@@H](COc1ccc(-c2noc(C(F)(F)F)n2)cc1)NC(=O)c1cc2ccccc2o1. The van der Waals surface area contributed by atoms with Crippen molar-refractivity contribution in [2.24, 2.45) is 0 Å². The average Bonchev–Trinajstić information content (AvgIpc) is 3.48. The number of nitrogens with zero attached hydrogens (tertiary/aromatic N) is 2. The molecule has 0 aliphatic carbocycles. The molecule has 0 saturated heterocycles. The Labute approximate surface area is 203 Å². The molecule has 2 heterocycles. The van der Waals surface area contributed by atoms with Gasteiger partial charge in [0.05, 0.1) is 11.8 Å². The number of carbonyl (C=O) groups is 1. The number of carbonyl (C=O) groups excluding carboxylic acids is 1. The number of aromatic nitrogens is 2. The highest BCUT2D eigenvalue weighted by Gasteiger charge is 2.38. The van der Waals surface area contributed by atoms with E-state index in [1.54, 1.807) is 24.3 Å². The maximum atomic E-state index is 12.7. The van der Waals surface area contributed by atoms with E-state index in [0.29, 0.717) is 11.3 Å². The van der Waals surface area contributed by atoms with E-state index in [4.69, 9.17) is 9.15 Å². The molecule has 0 aliphatic heterocycles. The number of alkyl halides is 3. The van der Waals surface area contributed by atoms with Crippen LogP contribution in [0.3, 0.4) is 0 Å². The van der Waals surface area contributed by atoms with Gasteiger partial charge < -0.3 is 19.0 Å². The van der Waals surface area contributed by atoms with Crippen LogP contribution in [0.15, 0.2) is 63.5 Å². The minimum Gasteiger partial charge on any atom is -0.491 e. The fourth-order valence-corrected chi connectivity index (χ4v) is 3.97. The molecular weight excluding hydrogens is 503 g/mol. The smallest absolute Gasteiger partial charge is 0.471 e. The van der Waals surface area contributed by atoms with E-state index in [9.17, 15) is 26.4 Å². The van der Waals surface area contributed by atoms with Crippen LogP contribution in [0.25, 0.3) is 22.4 Å². The number of sulfone groups is 1. The molecule has 1 atom stereocenters. The highest BCUT2D eigenvalue weighted by Crippen LogP contribution is 2.29. The average molecular weight is 523 g/mol. The first-order valence-electron chi connectivity index (χ1n) is 10.6. The van der Waals surface area contributed by atoms with Gasteiger partial charge in [0.15, 0.2) is 5.76 Å². The molecule has 4 aromatic rings. The van der Waals surface area contributed by atoms with E-state index in [2.05, 4.69) is 20.0 Å². The number of para-hydroxylation sites is 1. The summed E-state index contributed by atoms with van der Waals surface area (Å²) in [6, 6.07) is 13.8. The first kappa shape index (κ1) is 25.2. The zero-order valence-electron chi connectivity index (χ0n) is 18.8. The third-order valence-corrected chi connectivity index (χ3v) is 6.03. The normalized spacial score (nSPS) is 13.0. The third kappa shape index (κ3) is 6.42. The Bertz CT molecular complexity index is 1430. The van der Waals surface area contributed by atoms with E-state index in [1.165, 1.54) is 24.3 Å². The summed E-state index contributed by atoms with van der Waals surface area (Å²) in [6.45, 7) is -0.0682. The molecule has 2 aromatic heterocycles. The molecule has 1 amide bonds. The lowest BCUT2D eigenvalue weighted by atomic mass is 10.2. The molecule has 2 aromatic carbocycles. The minimum atomic E-state index is -4.75. The topological polar surface area (TPSA) is 125 Å². The molecule has 190 valence electrons. The van der Waals surface area contributed by atoms with Crippen molar-refractivity contribution >= 4 is 26.7 Å². The van der Waals surface area contributed by atoms with Crippen LogP contribution in [0.1, 0.15) is 22.9 Å². The Balaban J connectivity index is 1.42. The van der Waals surface area contributed by atoms with E-state index in [0.717, 1.165) is 11.6 Å². The summed E-state index contributed by atoms with van der Waals surface area (Å²) >= 11 is 0. The van der Waals surface area contributed by atoms with Crippen LogP contribution >= 0.6 is 0 Å². The van der Waals surface area contributed by atoms with Crippen molar-refractivity contribution in [1.29, 1.82) is 0 Å². The second kappa shape index (κ2) is 10.0. The molecule has 0 saturated carbocycles. The summed E-state index contributed by atoms with van der Waals surface area (Å²) in [5, 5.41) is 6.80. The van der Waals surface area contributed by atoms with Crippen LogP contribution in [-0.2, 0) is 16.0 Å². The molecule has 4 rings (SSSR count). The highest BCUT2D eigenvalue weighted by molar-refractivity contribution is 7.90. The number of nitrogens with one attached hydrogen (secondary N) is 1. The van der Waals surface area contributed by atoms with E-state index >= 15 is 0 Å². The molecule has 0 unspecified atom stereocenters. The lowest BCUT2D eigenvalue weighted by Gasteiger charge is -2.18. The van der Waals surface area contributed by atoms with Gasteiger partial charge in [-0.15, -0.1) is 0 Å². The standard InChI is InChI=1S/C23H20F3N3O6S/c1-36(31,32)11-10-16(27-21(30)19-12-15-4-2-3-5-18(15)34-19)13-33-17-8-6-14(7-9-17)20-28-22(35-29-20)23(24,25)26/h2-9,12,16H,10-11,13H2,1H3,(H,27,30)/t16-/m0/s1. The predicted molar refractivity (Wildman–Crippen MR) is 122 cm³/mol. The number of halogens is 3. The number of hydrogen-bond donors (Lipinski definition) is 1. The molecule has 0 spiro atoms. The fraction of sp³-hybridized carbons (Fsp3) is 0.261. The van der Waals surface area contributed by atoms with Gasteiger partial charge in [0, 0.05) is 17.2 Å². The van der Waals surface area contributed by atoms with Crippen molar-refractivity contribution in [2.75, 3.05) is 18.6 Å². The van der Waals surface area contributed by atoms with Crippen molar-refractivity contribution in [1.82, 2.24) is 15.5 Å². The number of furan rings is 1. The maximum absolute atomic E-state index is 12.7.